The topological polar surface area (TPSA) is 165 Å². The molecule has 390 valence electrons. The van der Waals surface area contributed by atoms with Gasteiger partial charge in [-0.25, -0.2) is 49.7 Å². The Labute approximate surface area is 473 Å². The van der Waals surface area contributed by atoms with Crippen molar-refractivity contribution in [3.8, 4) is 34.2 Å². The molecule has 14 nitrogen and oxygen atoms in total. The van der Waals surface area contributed by atoms with Crippen molar-refractivity contribution in [1.29, 1.82) is 0 Å². The van der Waals surface area contributed by atoms with Crippen LogP contribution in [0.25, 0.3) is 67.3 Å². The van der Waals surface area contributed by atoms with Crippen LogP contribution in [0.15, 0.2) is 83.2 Å². The smallest absolute Gasteiger partial charge is 0.796 e. The zero-order valence-electron chi connectivity index (χ0n) is 41.0. The number of hydrogen-bond donors (Lipinski definition) is 0. The summed E-state index contributed by atoms with van der Waals surface area (Å²) >= 11 is 21.0. The van der Waals surface area contributed by atoms with E-state index in [0.717, 1.165) is 79.6 Å². The van der Waals surface area contributed by atoms with Gasteiger partial charge in [0.05, 0.1) is 65.6 Å². The molecule has 0 saturated heterocycles. The fourth-order valence-corrected chi connectivity index (χ4v) is 8.74. The van der Waals surface area contributed by atoms with Crippen molar-refractivity contribution in [2.24, 2.45) is 0 Å². The van der Waals surface area contributed by atoms with E-state index in [0.29, 0.717) is 61.7 Å². The van der Waals surface area contributed by atoms with Gasteiger partial charge < -0.3 is 26.3 Å². The Morgan fingerprint density at radius 1 is 0.600 bits per heavy atom. The van der Waals surface area contributed by atoms with E-state index < -0.39 is 51.9 Å². The Morgan fingerprint density at radius 2 is 0.920 bits per heavy atom. The molecule has 3 fully saturated rings. The summed E-state index contributed by atoms with van der Waals surface area (Å²) in [5, 5.41) is 23.9. The maximum atomic E-state index is 13.6. The summed E-state index contributed by atoms with van der Waals surface area (Å²) in [5.41, 5.74) is 4.81. The Balaban J connectivity index is 0.000000172. The molecule has 0 spiro atoms. The van der Waals surface area contributed by atoms with E-state index in [2.05, 4.69) is 58.2 Å². The zero-order chi connectivity index (χ0) is 54.3. The second kappa shape index (κ2) is 26.1. The molecule has 12 rings (SSSR count). The summed E-state index contributed by atoms with van der Waals surface area (Å²) in [6.07, 6.45) is 14.9. The maximum Gasteiger partial charge on any atom is 1.00 e. The van der Waals surface area contributed by atoms with E-state index in [1.165, 1.54) is 36.2 Å². The summed E-state index contributed by atoms with van der Waals surface area (Å²) in [6.45, 7) is 0. The van der Waals surface area contributed by atoms with Crippen LogP contribution < -0.4 is 29.6 Å². The third-order valence-electron chi connectivity index (χ3n) is 11.2. The number of thioether (sulfide) groups is 1. The molecule has 75 heavy (non-hydrogen) atoms. The third kappa shape index (κ3) is 13.9. The molecular formula is C47H41Cl3F7N12NaO2S3. The first-order valence-corrected chi connectivity index (χ1v) is 27.2. The van der Waals surface area contributed by atoms with Crippen LogP contribution in [0, 0.1) is 34.9 Å². The molecule has 3 aromatic carbocycles. The van der Waals surface area contributed by atoms with Crippen molar-refractivity contribution in [3.05, 3.63) is 113 Å². The quantitative estimate of drug-likeness (QED) is 0.0465. The first kappa shape index (κ1) is 58.0. The van der Waals surface area contributed by atoms with Crippen molar-refractivity contribution < 1.29 is 70.1 Å². The predicted molar refractivity (Wildman–Crippen MR) is 274 cm³/mol. The summed E-state index contributed by atoms with van der Waals surface area (Å²) in [4.78, 5) is 13.3. The Kier molecular flexibility index (Phi) is 20.2. The Hall–Kier alpha value is -4.66. The third-order valence-corrected chi connectivity index (χ3v) is 12.9. The van der Waals surface area contributed by atoms with Crippen LogP contribution >= 0.6 is 46.6 Å². The summed E-state index contributed by atoms with van der Waals surface area (Å²) < 4.78 is 126. The number of fused-ring (bicyclic) bond motifs is 3. The second-order valence-electron chi connectivity index (χ2n) is 16.3. The molecule has 0 unspecified atom stereocenters. The molecule has 0 bridgehead atoms. The van der Waals surface area contributed by atoms with Crippen LogP contribution in [0.3, 0.4) is 0 Å². The van der Waals surface area contributed by atoms with Gasteiger partial charge in [0.2, 0.25) is 0 Å². The summed E-state index contributed by atoms with van der Waals surface area (Å²) in [7, 11) is -4.52. The number of imidazole rings is 3. The van der Waals surface area contributed by atoms with Crippen molar-refractivity contribution in [2.75, 3.05) is 31.3 Å². The van der Waals surface area contributed by atoms with E-state index in [9.17, 15) is 39.2 Å². The molecule has 3 aliphatic rings. The second-order valence-corrected chi connectivity index (χ2v) is 20.3. The standard InChI is InChI=1S/C15H12F2N4O2S.C15H12F2N4S.C14H9ClF2N4.CH2Cl2.CH3F.CH4S.Na/c1-24(22,23)14-4-8(7-18-20-14)15-19-12-5-10(16)11(17)6-13(12)21(15)9-2-3-9;1-22-14-4-8(7-18-20-14)15-19-12-5-10(16)11(17)6-13(12)21(15)9-2-3-9;15-13-3-7(6-18-20-13)14-19-11-4-9(16)10(17)5-12(11)21(14)8-1-2-8;2-1-3;2*1-2;/h4-7,9H,2-3H2,1H3;4-7,9H,2-3H2,1H3;3-6,8H,1-2H2;1H2;1H3;2H,1H3;/q;;;;;;+1/p-1/i;;;;1D;;. The predicted octanol–water partition coefficient (Wildman–Crippen LogP) is 9.27. The Bertz CT molecular complexity index is 3610. The average Bonchev–Trinajstić information content (AvgIpc) is 4.33. The van der Waals surface area contributed by atoms with Gasteiger partial charge in [0, 0.05) is 77.5 Å². The fourth-order valence-electron chi connectivity index (χ4n) is 7.67. The van der Waals surface area contributed by atoms with Crippen molar-refractivity contribution >= 4 is 102 Å². The largest absolute Gasteiger partial charge is 1.00 e. The first-order valence-electron chi connectivity index (χ1n) is 22.6. The molecule has 0 amide bonds. The van der Waals surface area contributed by atoms with Crippen LogP contribution in [0.1, 0.15) is 58.0 Å². The number of nitrogens with zero attached hydrogens (tertiary/aromatic N) is 12. The van der Waals surface area contributed by atoms with Gasteiger partial charge in [-0.3, -0.25) is 4.39 Å². The van der Waals surface area contributed by atoms with Crippen molar-refractivity contribution in [3.63, 3.8) is 0 Å². The molecule has 0 aliphatic heterocycles. The van der Waals surface area contributed by atoms with Gasteiger partial charge in [-0.15, -0.1) is 50.3 Å². The van der Waals surface area contributed by atoms with Crippen LogP contribution in [0.4, 0.5) is 30.7 Å². The molecule has 6 aromatic heterocycles. The number of rotatable bonds is 8. The number of benzene rings is 3. The van der Waals surface area contributed by atoms with Crippen LogP contribution in [0.2, 0.25) is 5.15 Å². The number of hydrogen-bond acceptors (Lipinski definition) is 13. The SMILES string of the molecule is CS(=O)(=O)c1cc(-c2nc3cc(F)c(F)cc3n2C2CC2)cnn1.CSc1cc(-c2nc3cc(F)c(F)cc3n2C2CC2)cnn1.C[S-].ClCCl.Fc1cc2nc(-c3cnnc(Cl)c3)n(C3CC3)c2cc1F.[2H]CF.[Na+]. The van der Waals surface area contributed by atoms with Crippen molar-refractivity contribution in [2.45, 2.75) is 66.7 Å². The van der Waals surface area contributed by atoms with Crippen molar-refractivity contribution in [1.82, 2.24) is 59.2 Å². The molecule has 3 saturated carbocycles. The molecule has 3 aliphatic carbocycles. The van der Waals surface area contributed by atoms with E-state index in [1.807, 2.05) is 21.5 Å². The number of aromatic nitrogens is 12. The van der Waals surface area contributed by atoms with Crippen LogP contribution in [-0.4, -0.2) is 98.9 Å². The normalized spacial score (nSPS) is 13.9. The number of alkyl halides is 3. The van der Waals surface area contributed by atoms with E-state index in [1.54, 1.807) is 29.3 Å². The van der Waals surface area contributed by atoms with Crippen LogP contribution in [0.5, 0.6) is 0 Å². The maximum absolute atomic E-state index is 13.6. The minimum Gasteiger partial charge on any atom is -0.796 e. The van der Waals surface area contributed by atoms with Gasteiger partial charge in [0.1, 0.15) is 22.5 Å². The molecule has 6 heterocycles. The molecule has 0 atom stereocenters. The van der Waals surface area contributed by atoms with Crippen LogP contribution in [-0.2, 0) is 22.5 Å². The monoisotopic (exact) mass is 1160 g/mol. The van der Waals surface area contributed by atoms with Gasteiger partial charge in [-0.05, 0) is 63.0 Å². The zero-order valence-corrected chi connectivity index (χ0v) is 46.7. The van der Waals surface area contributed by atoms with Gasteiger partial charge in [-0.1, -0.05) is 11.6 Å². The van der Waals surface area contributed by atoms with E-state index >= 15 is 0 Å². The summed E-state index contributed by atoms with van der Waals surface area (Å²) in [6, 6.07) is 12.4. The molecule has 0 radical (unpaired) electrons. The minimum atomic E-state index is -3.52. The van der Waals surface area contributed by atoms with E-state index in [4.69, 9.17) is 36.2 Å². The summed E-state index contributed by atoms with van der Waals surface area (Å²) in [5.74, 6) is -3.70. The Morgan fingerprint density at radius 3 is 1.25 bits per heavy atom. The molecule has 9 aromatic rings. The van der Waals surface area contributed by atoms with Gasteiger partial charge in [0.25, 0.3) is 0 Å². The number of sulfone groups is 1. The first-order chi connectivity index (χ1) is 36.0. The average molecular weight is 1170 g/mol. The van der Waals surface area contributed by atoms with Gasteiger partial charge >= 0.3 is 29.6 Å². The molecule has 0 N–H and O–H groups in total. The van der Waals surface area contributed by atoms with Gasteiger partial charge in [0.15, 0.2) is 54.9 Å². The van der Waals surface area contributed by atoms with Gasteiger partial charge in [-0.2, -0.15) is 21.6 Å². The van der Waals surface area contributed by atoms with E-state index in [-0.39, 0.29) is 63.2 Å². The molecule has 28 heteroatoms. The fraction of sp³-hybridized carbons (Fsp3) is 0.298. The minimum absolute atomic E-state index is 0. The number of halogens is 10. The molecular weight excluding hydrogens is 1120 g/mol.